The third kappa shape index (κ3) is 2.48. The first-order valence-electron chi connectivity index (χ1n) is 7.06. The van der Waals surface area contributed by atoms with E-state index in [0.29, 0.717) is 18.7 Å². The molecule has 0 fully saturated rings. The summed E-state index contributed by atoms with van der Waals surface area (Å²) < 4.78 is 33.1. The van der Waals surface area contributed by atoms with Gasteiger partial charge in [0.1, 0.15) is 0 Å². The molecule has 116 valence electrons. The van der Waals surface area contributed by atoms with Crippen LogP contribution >= 0.6 is 0 Å². The summed E-state index contributed by atoms with van der Waals surface area (Å²) in [6.07, 6.45) is 0.640. The lowest BCUT2D eigenvalue weighted by molar-refractivity contribution is 0.0517. The molecule has 2 aromatic rings. The number of halogens is 2. The highest BCUT2D eigenvalue weighted by atomic mass is 19.2. The first-order chi connectivity index (χ1) is 10.6. The summed E-state index contributed by atoms with van der Waals surface area (Å²) in [5.74, 6) is -2.38. The van der Waals surface area contributed by atoms with E-state index in [9.17, 15) is 13.6 Å². The maximum absolute atomic E-state index is 13.5. The smallest absolute Gasteiger partial charge is 0.359 e. The summed E-state index contributed by atoms with van der Waals surface area (Å²) in [6, 6.07) is 3.55. The van der Waals surface area contributed by atoms with E-state index in [4.69, 9.17) is 4.74 Å². The first kappa shape index (κ1) is 14.6. The van der Waals surface area contributed by atoms with Gasteiger partial charge in [-0.25, -0.2) is 18.3 Å². The van der Waals surface area contributed by atoms with Gasteiger partial charge in [-0.3, -0.25) is 0 Å². The number of esters is 1. The minimum Gasteiger partial charge on any atom is -0.461 e. The van der Waals surface area contributed by atoms with Crippen molar-refractivity contribution in [2.75, 3.05) is 13.2 Å². The first-order valence-corrected chi connectivity index (χ1v) is 7.06. The number of nitrogens with one attached hydrogen (secondary N) is 1. The number of hydrogen-bond acceptors (Lipinski definition) is 4. The van der Waals surface area contributed by atoms with E-state index < -0.39 is 17.6 Å². The van der Waals surface area contributed by atoms with E-state index in [0.717, 1.165) is 29.9 Å². The largest absolute Gasteiger partial charge is 0.461 e. The van der Waals surface area contributed by atoms with Crippen molar-refractivity contribution in [1.29, 1.82) is 0 Å². The summed E-state index contributed by atoms with van der Waals surface area (Å²) in [5.41, 5.74) is 2.16. The standard InChI is InChI=1S/C15H15F2N3O2/c1-2-22-15(21)14-10-8-18-6-5-13(10)20(19-14)9-3-4-11(16)12(17)7-9/h3-4,7,18H,2,5-6,8H2,1H3. The van der Waals surface area contributed by atoms with E-state index in [2.05, 4.69) is 10.4 Å². The fourth-order valence-corrected chi connectivity index (χ4v) is 2.54. The fourth-order valence-electron chi connectivity index (χ4n) is 2.54. The van der Waals surface area contributed by atoms with Gasteiger partial charge in [-0.2, -0.15) is 5.10 Å². The van der Waals surface area contributed by atoms with Gasteiger partial charge in [0.25, 0.3) is 0 Å². The Kier molecular flexibility index (Phi) is 3.89. The molecular weight excluding hydrogens is 292 g/mol. The van der Waals surface area contributed by atoms with Crippen LogP contribution in [0.3, 0.4) is 0 Å². The van der Waals surface area contributed by atoms with Gasteiger partial charge in [0.2, 0.25) is 0 Å². The molecule has 1 aliphatic heterocycles. The zero-order valence-corrected chi connectivity index (χ0v) is 12.0. The van der Waals surface area contributed by atoms with Crippen LogP contribution in [0.5, 0.6) is 0 Å². The number of nitrogens with zero attached hydrogens (tertiary/aromatic N) is 2. The van der Waals surface area contributed by atoms with E-state index in [1.165, 1.54) is 10.7 Å². The Hall–Kier alpha value is -2.28. The second-order valence-corrected chi connectivity index (χ2v) is 4.93. The normalized spacial score (nSPS) is 13.8. The van der Waals surface area contributed by atoms with Crippen molar-refractivity contribution in [3.63, 3.8) is 0 Å². The van der Waals surface area contributed by atoms with Crippen molar-refractivity contribution in [3.8, 4) is 5.69 Å². The average Bonchev–Trinajstić information content (AvgIpc) is 2.90. The molecule has 3 rings (SSSR count). The number of carbonyl (C=O) groups excluding carboxylic acids is 1. The molecule has 0 amide bonds. The second kappa shape index (κ2) is 5.84. The molecule has 5 nitrogen and oxygen atoms in total. The number of ether oxygens (including phenoxy) is 1. The Bertz CT molecular complexity index is 728. The predicted octanol–water partition coefficient (Wildman–Crippen LogP) is 1.97. The second-order valence-electron chi connectivity index (χ2n) is 4.93. The van der Waals surface area contributed by atoms with Gasteiger partial charge < -0.3 is 10.1 Å². The number of fused-ring (bicyclic) bond motifs is 1. The Labute approximate surface area is 125 Å². The zero-order valence-electron chi connectivity index (χ0n) is 12.0. The topological polar surface area (TPSA) is 56.1 Å². The van der Waals surface area contributed by atoms with Gasteiger partial charge >= 0.3 is 5.97 Å². The van der Waals surface area contributed by atoms with E-state index in [1.807, 2.05) is 0 Å². The lowest BCUT2D eigenvalue weighted by atomic mass is 10.1. The van der Waals surface area contributed by atoms with Crippen molar-refractivity contribution in [1.82, 2.24) is 15.1 Å². The Morgan fingerprint density at radius 3 is 2.95 bits per heavy atom. The molecule has 0 unspecified atom stereocenters. The van der Waals surface area contributed by atoms with Crippen LogP contribution in [-0.2, 0) is 17.7 Å². The van der Waals surface area contributed by atoms with Crippen molar-refractivity contribution in [2.24, 2.45) is 0 Å². The van der Waals surface area contributed by atoms with E-state index in [-0.39, 0.29) is 12.3 Å². The molecular formula is C15H15F2N3O2. The molecule has 0 atom stereocenters. The third-order valence-corrected chi connectivity index (χ3v) is 3.55. The Balaban J connectivity index is 2.11. The fraction of sp³-hybridized carbons (Fsp3) is 0.333. The number of rotatable bonds is 3. The number of aromatic nitrogens is 2. The van der Waals surface area contributed by atoms with Gasteiger partial charge in [-0.15, -0.1) is 0 Å². The summed E-state index contributed by atoms with van der Waals surface area (Å²) in [6.45, 7) is 3.19. The summed E-state index contributed by atoms with van der Waals surface area (Å²) in [4.78, 5) is 12.0. The molecule has 0 bridgehead atoms. The molecule has 1 aromatic heterocycles. The number of carbonyl (C=O) groups is 1. The van der Waals surface area contributed by atoms with Crippen molar-refractivity contribution in [2.45, 2.75) is 19.9 Å². The van der Waals surface area contributed by atoms with Crippen molar-refractivity contribution >= 4 is 5.97 Å². The summed E-state index contributed by atoms with van der Waals surface area (Å²) in [7, 11) is 0. The van der Waals surface area contributed by atoms with Crippen LogP contribution in [0.1, 0.15) is 28.7 Å². The SMILES string of the molecule is CCOC(=O)c1nn(-c2ccc(F)c(F)c2)c2c1CNCC2. The molecule has 1 aromatic carbocycles. The summed E-state index contributed by atoms with van der Waals surface area (Å²) >= 11 is 0. The molecule has 7 heteroatoms. The third-order valence-electron chi connectivity index (χ3n) is 3.55. The van der Waals surface area contributed by atoms with Crippen LogP contribution < -0.4 is 5.32 Å². The van der Waals surface area contributed by atoms with Gasteiger partial charge in [-0.1, -0.05) is 0 Å². The minimum absolute atomic E-state index is 0.216. The maximum Gasteiger partial charge on any atom is 0.359 e. The minimum atomic E-state index is -0.951. The number of hydrogen-bond donors (Lipinski definition) is 1. The van der Waals surface area contributed by atoms with Crippen LogP contribution in [0.4, 0.5) is 8.78 Å². The van der Waals surface area contributed by atoms with Crippen LogP contribution in [0, 0.1) is 11.6 Å². The van der Waals surface area contributed by atoms with Crippen molar-refractivity contribution < 1.29 is 18.3 Å². The van der Waals surface area contributed by atoms with E-state index in [1.54, 1.807) is 6.92 Å². The van der Waals surface area contributed by atoms with Crippen LogP contribution in [-0.4, -0.2) is 28.9 Å². The highest BCUT2D eigenvalue weighted by Crippen LogP contribution is 2.23. The molecule has 1 aliphatic rings. The lowest BCUT2D eigenvalue weighted by Gasteiger charge is -2.15. The van der Waals surface area contributed by atoms with Crippen molar-refractivity contribution in [3.05, 3.63) is 46.8 Å². The molecule has 0 spiro atoms. The Morgan fingerprint density at radius 2 is 2.23 bits per heavy atom. The van der Waals surface area contributed by atoms with Gasteiger partial charge in [-0.05, 0) is 19.1 Å². The number of benzene rings is 1. The average molecular weight is 307 g/mol. The highest BCUT2D eigenvalue weighted by molar-refractivity contribution is 5.89. The quantitative estimate of drug-likeness (QED) is 0.881. The molecule has 0 aliphatic carbocycles. The lowest BCUT2D eigenvalue weighted by Crippen LogP contribution is -2.25. The molecule has 2 heterocycles. The van der Waals surface area contributed by atoms with Crippen LogP contribution in [0.2, 0.25) is 0 Å². The Morgan fingerprint density at radius 1 is 1.41 bits per heavy atom. The highest BCUT2D eigenvalue weighted by Gasteiger charge is 2.26. The zero-order chi connectivity index (χ0) is 15.7. The predicted molar refractivity (Wildman–Crippen MR) is 74.8 cm³/mol. The van der Waals surface area contributed by atoms with Gasteiger partial charge in [0.15, 0.2) is 17.3 Å². The van der Waals surface area contributed by atoms with Crippen LogP contribution in [0.15, 0.2) is 18.2 Å². The van der Waals surface area contributed by atoms with E-state index >= 15 is 0 Å². The van der Waals surface area contributed by atoms with Gasteiger partial charge in [0.05, 0.1) is 18.0 Å². The summed E-state index contributed by atoms with van der Waals surface area (Å²) in [5, 5.41) is 7.43. The van der Waals surface area contributed by atoms with Gasteiger partial charge in [0, 0.05) is 31.1 Å². The maximum atomic E-state index is 13.5. The molecule has 0 radical (unpaired) electrons. The molecule has 0 saturated carbocycles. The van der Waals surface area contributed by atoms with Crippen LogP contribution in [0.25, 0.3) is 5.69 Å². The monoisotopic (exact) mass is 307 g/mol. The molecule has 1 N–H and O–H groups in total. The molecule has 22 heavy (non-hydrogen) atoms. The molecule has 0 saturated heterocycles.